The molecule has 0 bridgehead atoms. The maximum atomic E-state index is 14.9. The number of nitrogens with zero attached hydrogens (tertiary/aromatic N) is 4. The Hall–Kier alpha value is -5.74. The zero-order valence-corrected chi connectivity index (χ0v) is 34.3. The summed E-state index contributed by atoms with van der Waals surface area (Å²) in [6, 6.07) is 21.2. The van der Waals surface area contributed by atoms with Gasteiger partial charge in [-0.15, -0.1) is 11.3 Å². The van der Waals surface area contributed by atoms with E-state index in [4.69, 9.17) is 19.7 Å². The van der Waals surface area contributed by atoms with Gasteiger partial charge in [-0.25, -0.2) is 22.8 Å². The fourth-order valence-corrected chi connectivity index (χ4v) is 10.2. The van der Waals surface area contributed by atoms with Gasteiger partial charge in [0.05, 0.1) is 28.4 Å². The number of benzene rings is 3. The molecular weight excluding hydrogens is 806 g/mol. The molecule has 9 rings (SSSR count). The third kappa shape index (κ3) is 8.35. The SMILES string of the molecule is O=C1N[C@]2(C(=O)NS(=O)(=O)C3CC3)C[C@@H]2/C=C\CCCCC[C@H](Nc2nc(-c3ccc(F)cc3)cs2)C(=O)N2C[C@H](Oc3nc(-c4ccccc4)nc4ccccc34)C[C@@H]12. The Balaban J connectivity index is 1.04. The zero-order valence-electron chi connectivity index (χ0n) is 32.6. The summed E-state index contributed by atoms with van der Waals surface area (Å²) in [6.45, 7) is 0.0331. The number of allylic oxidation sites excluding steroid dienone is 1. The summed E-state index contributed by atoms with van der Waals surface area (Å²) in [7, 11) is -3.90. The molecule has 2 aliphatic carbocycles. The number of hydrogen-bond donors (Lipinski definition) is 3. The quantitative estimate of drug-likeness (QED) is 0.141. The second-order valence-electron chi connectivity index (χ2n) is 16.0. The molecule has 2 aromatic heterocycles. The smallest absolute Gasteiger partial charge is 0.259 e. The van der Waals surface area contributed by atoms with E-state index in [2.05, 4.69) is 15.4 Å². The molecule has 16 heteroatoms. The molecule has 4 aliphatic rings. The van der Waals surface area contributed by atoms with E-state index < -0.39 is 56.7 Å². The summed E-state index contributed by atoms with van der Waals surface area (Å²) in [5.74, 6) is -1.70. The van der Waals surface area contributed by atoms with Gasteiger partial charge < -0.3 is 20.3 Å². The second kappa shape index (κ2) is 16.4. The van der Waals surface area contributed by atoms with Crippen molar-refractivity contribution in [1.29, 1.82) is 0 Å². The second-order valence-corrected chi connectivity index (χ2v) is 18.8. The number of anilines is 1. The Kier molecular flexibility index (Phi) is 10.8. The van der Waals surface area contributed by atoms with E-state index in [1.165, 1.54) is 28.4 Å². The maximum Gasteiger partial charge on any atom is 0.259 e. The van der Waals surface area contributed by atoms with Gasteiger partial charge in [0.15, 0.2) is 11.0 Å². The van der Waals surface area contributed by atoms with E-state index in [-0.39, 0.29) is 31.1 Å². The van der Waals surface area contributed by atoms with Crippen molar-refractivity contribution in [2.24, 2.45) is 5.92 Å². The number of thiazole rings is 1. The molecule has 3 N–H and O–H groups in total. The van der Waals surface area contributed by atoms with Crippen LogP contribution in [0.1, 0.15) is 57.8 Å². The maximum absolute atomic E-state index is 14.9. The molecule has 3 fully saturated rings. The first-order valence-electron chi connectivity index (χ1n) is 20.4. The first-order valence-corrected chi connectivity index (χ1v) is 22.8. The molecule has 0 unspecified atom stereocenters. The molecule has 0 spiro atoms. The molecule has 4 heterocycles. The third-order valence-electron chi connectivity index (χ3n) is 11.7. The summed E-state index contributed by atoms with van der Waals surface area (Å²) in [4.78, 5) is 59.3. The molecule has 3 amide bonds. The van der Waals surface area contributed by atoms with Crippen LogP contribution in [-0.2, 0) is 24.4 Å². The molecular formula is C44H44FN7O6S2. The highest BCUT2D eigenvalue weighted by Crippen LogP contribution is 2.46. The lowest BCUT2D eigenvalue weighted by molar-refractivity contribution is -0.140. The van der Waals surface area contributed by atoms with Gasteiger partial charge in [-0.3, -0.25) is 19.1 Å². The van der Waals surface area contributed by atoms with Crippen LogP contribution in [0.25, 0.3) is 33.5 Å². The van der Waals surface area contributed by atoms with Crippen LogP contribution in [0.15, 0.2) is 96.4 Å². The van der Waals surface area contributed by atoms with Gasteiger partial charge in [-0.05, 0) is 74.9 Å². The van der Waals surface area contributed by atoms with Crippen molar-refractivity contribution in [2.45, 2.75) is 86.8 Å². The fourth-order valence-electron chi connectivity index (χ4n) is 8.10. The van der Waals surface area contributed by atoms with E-state index in [0.717, 1.165) is 30.4 Å². The summed E-state index contributed by atoms with van der Waals surface area (Å²) in [6.07, 6.45) is 7.98. The predicted octanol–water partition coefficient (Wildman–Crippen LogP) is 6.39. The van der Waals surface area contributed by atoms with Gasteiger partial charge in [-0.2, -0.15) is 4.98 Å². The summed E-state index contributed by atoms with van der Waals surface area (Å²) < 4.78 is 48.5. The number of para-hydroxylation sites is 1. The van der Waals surface area contributed by atoms with Crippen molar-refractivity contribution in [3.8, 4) is 28.5 Å². The number of ether oxygens (including phenoxy) is 1. The molecule has 5 aromatic rings. The first-order chi connectivity index (χ1) is 29.1. The molecule has 310 valence electrons. The van der Waals surface area contributed by atoms with Crippen LogP contribution >= 0.6 is 11.3 Å². The zero-order chi connectivity index (χ0) is 41.4. The number of carbonyl (C=O) groups is 3. The number of rotatable bonds is 9. The number of fused-ring (bicyclic) bond motifs is 3. The molecule has 3 aromatic carbocycles. The number of hydrogen-bond acceptors (Lipinski definition) is 11. The number of halogens is 1. The van der Waals surface area contributed by atoms with Crippen LogP contribution in [0, 0.1) is 11.7 Å². The Bertz CT molecular complexity index is 2570. The fraction of sp³-hybridized carbons (Fsp3) is 0.364. The lowest BCUT2D eigenvalue weighted by atomic mass is 10.1. The normalized spacial score (nSPS) is 25.2. The molecule has 2 aliphatic heterocycles. The third-order valence-corrected chi connectivity index (χ3v) is 14.3. The standard InChI is InChI=1S/C44H44FN7O6S2/c45-30-19-17-27(18-20-30)36-26-59-43(48-36)47-35-16-8-3-1-2-7-13-29-24-44(29,42(55)51-60(56,57)32-21-22-32)50-39(53)37-23-31(25-52(37)41(35)54)58-40-33-14-9-10-15-34(33)46-38(49-40)28-11-5-4-6-12-28/h4-7,9-15,17-20,26,29,31-32,35,37H,1-3,8,16,21-25H2,(H,47,48)(H,50,53)(H,51,55)/b13-7-/t29-,31+,35-,37-,44+/m0/s1. The van der Waals surface area contributed by atoms with Crippen LogP contribution in [0.2, 0.25) is 0 Å². The Morgan fingerprint density at radius 1 is 0.917 bits per heavy atom. The minimum Gasteiger partial charge on any atom is -0.472 e. The molecule has 1 saturated heterocycles. The van der Waals surface area contributed by atoms with E-state index >= 15 is 0 Å². The van der Waals surface area contributed by atoms with E-state index in [1.807, 2.05) is 72.1 Å². The Labute approximate surface area is 350 Å². The highest BCUT2D eigenvalue weighted by molar-refractivity contribution is 7.91. The highest BCUT2D eigenvalue weighted by atomic mass is 32.2. The number of carbonyl (C=O) groups excluding carboxylic acids is 3. The van der Waals surface area contributed by atoms with Crippen LogP contribution in [0.4, 0.5) is 9.52 Å². The predicted molar refractivity (Wildman–Crippen MR) is 226 cm³/mol. The lowest BCUT2D eigenvalue weighted by Gasteiger charge is -2.29. The van der Waals surface area contributed by atoms with Crippen molar-refractivity contribution in [3.63, 3.8) is 0 Å². The van der Waals surface area contributed by atoms with Crippen LogP contribution in [-0.4, -0.2) is 81.5 Å². The average Bonchev–Trinajstić information content (AvgIpc) is 4.14. The van der Waals surface area contributed by atoms with Gasteiger partial charge in [-0.1, -0.05) is 67.5 Å². The van der Waals surface area contributed by atoms with E-state index in [9.17, 15) is 27.2 Å². The summed E-state index contributed by atoms with van der Waals surface area (Å²) in [5, 5.41) is 8.67. The molecule has 2 saturated carbocycles. The molecule has 0 radical (unpaired) electrons. The van der Waals surface area contributed by atoms with E-state index in [0.29, 0.717) is 59.1 Å². The van der Waals surface area contributed by atoms with E-state index in [1.54, 1.807) is 12.1 Å². The van der Waals surface area contributed by atoms with Gasteiger partial charge in [0.25, 0.3) is 5.91 Å². The molecule has 60 heavy (non-hydrogen) atoms. The van der Waals surface area contributed by atoms with Crippen molar-refractivity contribution < 1.29 is 31.9 Å². The van der Waals surface area contributed by atoms with Gasteiger partial charge in [0.2, 0.25) is 27.7 Å². The Morgan fingerprint density at radius 2 is 1.70 bits per heavy atom. The van der Waals surface area contributed by atoms with Crippen molar-refractivity contribution >= 4 is 55.1 Å². The lowest BCUT2D eigenvalue weighted by Crippen LogP contribution is -2.57. The number of amides is 3. The van der Waals surface area contributed by atoms with Gasteiger partial charge in [0.1, 0.15) is 29.5 Å². The topological polar surface area (TPSA) is 173 Å². The van der Waals surface area contributed by atoms with Gasteiger partial charge in [0, 0.05) is 28.8 Å². The molecule has 5 atom stereocenters. The van der Waals surface area contributed by atoms with Crippen LogP contribution in [0.5, 0.6) is 5.88 Å². The minimum absolute atomic E-state index is 0.0331. The van der Waals surface area contributed by atoms with Gasteiger partial charge >= 0.3 is 0 Å². The highest BCUT2D eigenvalue weighted by Gasteiger charge is 2.62. The number of sulfonamides is 1. The van der Waals surface area contributed by atoms with Crippen molar-refractivity contribution in [2.75, 3.05) is 11.9 Å². The van der Waals surface area contributed by atoms with Crippen molar-refractivity contribution in [3.05, 3.63) is 102 Å². The number of aromatic nitrogens is 3. The van der Waals surface area contributed by atoms with Crippen LogP contribution < -0.4 is 20.1 Å². The summed E-state index contributed by atoms with van der Waals surface area (Å²) in [5.41, 5.74) is 1.32. The summed E-state index contributed by atoms with van der Waals surface area (Å²) >= 11 is 1.32. The largest absolute Gasteiger partial charge is 0.472 e. The van der Waals surface area contributed by atoms with Crippen LogP contribution in [0.3, 0.4) is 0 Å². The first kappa shape index (κ1) is 39.7. The van der Waals surface area contributed by atoms with Crippen molar-refractivity contribution in [1.82, 2.24) is 29.9 Å². The monoisotopic (exact) mass is 849 g/mol. The average molecular weight is 850 g/mol. The molecule has 13 nitrogen and oxygen atoms in total. The minimum atomic E-state index is -3.90. The Morgan fingerprint density at radius 3 is 2.50 bits per heavy atom. The number of nitrogens with one attached hydrogen (secondary N) is 3.